The second-order valence-corrected chi connectivity index (χ2v) is 6.51. The van der Waals surface area contributed by atoms with Crippen LogP contribution in [0.5, 0.6) is 0 Å². The lowest BCUT2D eigenvalue weighted by Crippen LogP contribution is -2.38. The molecule has 0 fully saturated rings. The summed E-state index contributed by atoms with van der Waals surface area (Å²) in [6.45, 7) is 1.40. The maximum Gasteiger partial charge on any atom is 0.472 e. The van der Waals surface area contributed by atoms with Crippen LogP contribution in [-0.2, 0) is 23.2 Å². The van der Waals surface area contributed by atoms with E-state index in [9.17, 15) is 19.0 Å². The van der Waals surface area contributed by atoms with Crippen molar-refractivity contribution in [1.29, 1.82) is 0 Å². The highest BCUT2D eigenvalue weighted by molar-refractivity contribution is 7.47. The largest absolute Gasteiger partial charge is 0.472 e. The molecule has 0 spiro atoms. The highest BCUT2D eigenvalue weighted by Crippen LogP contribution is 2.43. The SMILES string of the molecule is CC(=O)[C@H](COP(=O)(O)OCC[N+](C)(C)C)NC=O. The first-order valence-electron chi connectivity index (χ1n) is 5.70. The Hall–Kier alpha value is -0.790. The van der Waals surface area contributed by atoms with Gasteiger partial charge in [0.2, 0.25) is 6.41 Å². The maximum atomic E-state index is 11.5. The average molecular weight is 297 g/mol. The Balaban J connectivity index is 4.18. The van der Waals surface area contributed by atoms with Crippen LogP contribution in [0.25, 0.3) is 0 Å². The Kier molecular flexibility index (Phi) is 7.39. The summed E-state index contributed by atoms with van der Waals surface area (Å²) in [7, 11) is 1.51. The molecular formula is C10H22N2O6P+. The topological polar surface area (TPSA) is 102 Å². The number of hydrogen-bond acceptors (Lipinski definition) is 5. The monoisotopic (exact) mass is 297 g/mol. The molecule has 0 radical (unpaired) electrons. The highest BCUT2D eigenvalue weighted by Gasteiger charge is 2.25. The van der Waals surface area contributed by atoms with E-state index in [0.29, 0.717) is 17.4 Å². The highest BCUT2D eigenvalue weighted by atomic mass is 31.2. The molecule has 9 heteroatoms. The number of phosphoric acid groups is 1. The zero-order valence-corrected chi connectivity index (χ0v) is 12.6. The number of carbonyl (C=O) groups excluding carboxylic acids is 2. The number of phosphoric ester groups is 1. The van der Waals surface area contributed by atoms with E-state index >= 15 is 0 Å². The summed E-state index contributed by atoms with van der Waals surface area (Å²) in [5.74, 6) is -0.376. The predicted molar refractivity (Wildman–Crippen MR) is 68.3 cm³/mol. The van der Waals surface area contributed by atoms with Gasteiger partial charge in [-0.15, -0.1) is 0 Å². The van der Waals surface area contributed by atoms with E-state index in [1.165, 1.54) is 6.92 Å². The van der Waals surface area contributed by atoms with Crippen LogP contribution in [0.3, 0.4) is 0 Å². The van der Waals surface area contributed by atoms with Gasteiger partial charge in [-0.3, -0.25) is 18.6 Å². The van der Waals surface area contributed by atoms with Gasteiger partial charge in [-0.2, -0.15) is 0 Å². The lowest BCUT2D eigenvalue weighted by molar-refractivity contribution is -0.870. The Bertz CT molecular complexity index is 354. The van der Waals surface area contributed by atoms with Crippen LogP contribution in [-0.4, -0.2) is 68.5 Å². The van der Waals surface area contributed by atoms with Crippen molar-refractivity contribution in [3.05, 3.63) is 0 Å². The minimum absolute atomic E-state index is 0.0448. The number of amides is 1. The molecule has 0 saturated heterocycles. The van der Waals surface area contributed by atoms with E-state index in [1.807, 2.05) is 21.1 Å². The molecule has 0 saturated carbocycles. The Morgan fingerprint density at radius 1 is 1.42 bits per heavy atom. The van der Waals surface area contributed by atoms with Crippen LogP contribution in [0.1, 0.15) is 6.92 Å². The van der Waals surface area contributed by atoms with Crippen molar-refractivity contribution in [1.82, 2.24) is 5.32 Å². The van der Waals surface area contributed by atoms with Gasteiger partial charge in [-0.05, 0) is 6.92 Å². The molecule has 0 aromatic rings. The van der Waals surface area contributed by atoms with Crippen LogP contribution in [0.15, 0.2) is 0 Å². The van der Waals surface area contributed by atoms with Gasteiger partial charge in [0, 0.05) is 0 Å². The Morgan fingerprint density at radius 2 is 2.00 bits per heavy atom. The lowest BCUT2D eigenvalue weighted by Gasteiger charge is -2.24. The van der Waals surface area contributed by atoms with Gasteiger partial charge >= 0.3 is 7.82 Å². The molecule has 112 valence electrons. The summed E-state index contributed by atoms with van der Waals surface area (Å²) in [6.07, 6.45) is 0.329. The van der Waals surface area contributed by atoms with E-state index in [4.69, 9.17) is 4.52 Å². The lowest BCUT2D eigenvalue weighted by atomic mass is 10.2. The summed E-state index contributed by atoms with van der Waals surface area (Å²) in [5.41, 5.74) is 0. The average Bonchev–Trinajstić information content (AvgIpc) is 2.21. The summed E-state index contributed by atoms with van der Waals surface area (Å²) in [4.78, 5) is 30.7. The fraction of sp³-hybridized carbons (Fsp3) is 0.800. The smallest absolute Gasteiger partial charge is 0.347 e. The van der Waals surface area contributed by atoms with Crippen molar-refractivity contribution >= 4 is 20.0 Å². The number of rotatable bonds is 10. The molecule has 0 aromatic carbocycles. The molecule has 1 unspecified atom stereocenters. The molecule has 0 aliphatic rings. The van der Waals surface area contributed by atoms with Crippen LogP contribution in [0.4, 0.5) is 0 Å². The normalized spacial score (nSPS) is 16.5. The second kappa shape index (κ2) is 7.72. The number of ketones is 1. The number of quaternary nitrogens is 1. The summed E-state index contributed by atoms with van der Waals surface area (Å²) in [5, 5.41) is 2.19. The van der Waals surface area contributed by atoms with E-state index in [-0.39, 0.29) is 12.4 Å². The molecular weight excluding hydrogens is 275 g/mol. The van der Waals surface area contributed by atoms with Crippen LogP contribution in [0.2, 0.25) is 0 Å². The summed E-state index contributed by atoms with van der Waals surface area (Å²) < 4.78 is 21.5. The van der Waals surface area contributed by atoms with E-state index in [0.717, 1.165) is 0 Å². The van der Waals surface area contributed by atoms with Gasteiger partial charge < -0.3 is 14.7 Å². The van der Waals surface area contributed by atoms with Gasteiger partial charge in [-0.1, -0.05) is 0 Å². The molecule has 0 aliphatic carbocycles. The van der Waals surface area contributed by atoms with Gasteiger partial charge in [0.1, 0.15) is 19.2 Å². The third kappa shape index (κ3) is 9.75. The van der Waals surface area contributed by atoms with Crippen molar-refractivity contribution in [2.45, 2.75) is 13.0 Å². The summed E-state index contributed by atoms with van der Waals surface area (Å²) >= 11 is 0. The van der Waals surface area contributed by atoms with Crippen LogP contribution < -0.4 is 5.32 Å². The minimum Gasteiger partial charge on any atom is -0.347 e. The van der Waals surface area contributed by atoms with Crippen LogP contribution in [0, 0.1) is 0 Å². The second-order valence-electron chi connectivity index (χ2n) is 5.06. The first kappa shape index (κ1) is 18.2. The van der Waals surface area contributed by atoms with Gasteiger partial charge in [0.05, 0.1) is 27.7 Å². The number of nitrogens with one attached hydrogen (secondary N) is 1. The number of nitrogens with zero attached hydrogens (tertiary/aromatic N) is 1. The van der Waals surface area contributed by atoms with Crippen molar-refractivity contribution in [3.63, 3.8) is 0 Å². The molecule has 0 rings (SSSR count). The first-order chi connectivity index (χ1) is 8.57. The molecule has 0 bridgehead atoms. The van der Waals surface area contributed by atoms with Crippen molar-refractivity contribution < 1.29 is 32.6 Å². The Labute approximate surface area is 112 Å². The zero-order valence-electron chi connectivity index (χ0n) is 11.7. The fourth-order valence-electron chi connectivity index (χ4n) is 1.00. The molecule has 0 aliphatic heterocycles. The van der Waals surface area contributed by atoms with E-state index < -0.39 is 20.5 Å². The van der Waals surface area contributed by atoms with Crippen molar-refractivity contribution in [2.24, 2.45) is 0 Å². The van der Waals surface area contributed by atoms with E-state index in [2.05, 4.69) is 9.84 Å². The molecule has 0 heterocycles. The Morgan fingerprint density at radius 3 is 2.42 bits per heavy atom. The van der Waals surface area contributed by atoms with E-state index in [1.54, 1.807) is 0 Å². The number of carbonyl (C=O) groups is 2. The molecule has 2 N–H and O–H groups in total. The van der Waals surface area contributed by atoms with Crippen molar-refractivity contribution in [2.75, 3.05) is 40.9 Å². The molecule has 0 aromatic heterocycles. The molecule has 2 atom stereocenters. The number of Topliss-reactive ketones (excluding diaryl/α,β-unsaturated/α-hetero) is 1. The standard InChI is InChI=1S/C10H21N2O6P/c1-9(14)10(11-8-13)7-18-19(15,16)17-6-5-12(2,3)4/h8,10H,5-7H2,1-4H3,(H-,11,13,15,16)/p+1/t10-/m0/s1. The number of hydrogen-bond donors (Lipinski definition) is 2. The quantitative estimate of drug-likeness (QED) is 0.321. The molecule has 1 amide bonds. The van der Waals surface area contributed by atoms with Gasteiger partial charge in [0.15, 0.2) is 5.78 Å². The number of likely N-dealkylation sites (N-methyl/N-ethyl adjacent to an activating group) is 1. The molecule has 19 heavy (non-hydrogen) atoms. The molecule has 8 nitrogen and oxygen atoms in total. The van der Waals surface area contributed by atoms with Gasteiger partial charge in [-0.25, -0.2) is 4.57 Å². The predicted octanol–water partition coefficient (Wildman–Crippen LogP) is -0.470. The maximum absolute atomic E-state index is 11.5. The minimum atomic E-state index is -4.21. The van der Waals surface area contributed by atoms with Crippen molar-refractivity contribution in [3.8, 4) is 0 Å². The third-order valence-electron chi connectivity index (χ3n) is 2.18. The third-order valence-corrected chi connectivity index (χ3v) is 3.17. The van der Waals surface area contributed by atoms with Gasteiger partial charge in [0.25, 0.3) is 0 Å². The zero-order chi connectivity index (χ0) is 15.1. The van der Waals surface area contributed by atoms with Crippen LogP contribution >= 0.6 is 7.82 Å². The summed E-state index contributed by atoms with van der Waals surface area (Å²) in [6, 6.07) is -0.958. The first-order valence-corrected chi connectivity index (χ1v) is 7.19. The fourth-order valence-corrected chi connectivity index (χ4v) is 1.73.